The lowest BCUT2D eigenvalue weighted by atomic mass is 9.96. The summed E-state index contributed by atoms with van der Waals surface area (Å²) >= 11 is 0. The monoisotopic (exact) mass is 467 g/mol. The molecule has 35 heavy (non-hydrogen) atoms. The van der Waals surface area contributed by atoms with E-state index in [1.807, 2.05) is 54.4 Å². The van der Waals surface area contributed by atoms with Gasteiger partial charge in [-0.2, -0.15) is 0 Å². The maximum Gasteiger partial charge on any atom is 0.257 e. The van der Waals surface area contributed by atoms with Crippen molar-refractivity contribution < 1.29 is 14.3 Å². The molecule has 0 radical (unpaired) electrons. The fourth-order valence-electron chi connectivity index (χ4n) is 5.40. The average molecular weight is 468 g/mol. The molecule has 0 aliphatic carbocycles. The molecule has 6 rings (SSSR count). The fraction of sp³-hybridized carbons (Fsp3) is 0.222. The number of amides is 2. The van der Waals surface area contributed by atoms with E-state index in [0.717, 1.165) is 28.7 Å². The lowest BCUT2D eigenvalue weighted by molar-refractivity contribution is -0.116. The number of hydrogen-bond donors (Lipinski definition) is 1. The van der Waals surface area contributed by atoms with Crippen molar-refractivity contribution in [1.82, 2.24) is 14.5 Å². The van der Waals surface area contributed by atoms with Crippen molar-refractivity contribution in [1.29, 1.82) is 0 Å². The number of rotatable bonds is 4. The lowest BCUT2D eigenvalue weighted by Gasteiger charge is -2.46. The third-order valence-corrected chi connectivity index (χ3v) is 6.94. The van der Waals surface area contributed by atoms with Crippen molar-refractivity contribution in [3.05, 3.63) is 83.7 Å². The van der Waals surface area contributed by atoms with Crippen LogP contribution < -0.4 is 15.0 Å². The van der Waals surface area contributed by atoms with E-state index in [2.05, 4.69) is 25.8 Å². The van der Waals surface area contributed by atoms with Crippen LogP contribution in [0.1, 0.15) is 27.8 Å². The Hall–Kier alpha value is -4.33. The molecule has 0 fully saturated rings. The van der Waals surface area contributed by atoms with Gasteiger partial charge in [0.1, 0.15) is 12.7 Å². The zero-order valence-electron chi connectivity index (χ0n) is 19.6. The molecule has 1 unspecified atom stereocenters. The smallest absolute Gasteiger partial charge is 0.257 e. The largest absolute Gasteiger partial charge is 0.481 e. The molecule has 0 spiro atoms. The zero-order valence-corrected chi connectivity index (χ0v) is 19.6. The topological polar surface area (TPSA) is 79.7 Å². The molecular weight excluding hydrogens is 442 g/mol. The number of benzene rings is 2. The maximum absolute atomic E-state index is 13.4. The lowest BCUT2D eigenvalue weighted by Crippen LogP contribution is -2.51. The third kappa shape index (κ3) is 3.32. The summed E-state index contributed by atoms with van der Waals surface area (Å²) in [6.45, 7) is 0.753. The number of carbonyl (C=O) groups excluding carboxylic acids is 2. The molecule has 0 bridgehead atoms. The molecule has 8 nitrogen and oxygen atoms in total. The summed E-state index contributed by atoms with van der Waals surface area (Å²) in [5, 5.41) is 4.06. The van der Waals surface area contributed by atoms with Crippen LogP contribution in [0.5, 0.6) is 5.88 Å². The second kappa shape index (κ2) is 8.16. The Morgan fingerprint density at radius 2 is 1.91 bits per heavy atom. The quantitative estimate of drug-likeness (QED) is 0.494. The van der Waals surface area contributed by atoms with Crippen LogP contribution in [0.4, 0.5) is 11.4 Å². The summed E-state index contributed by atoms with van der Waals surface area (Å²) in [6, 6.07) is 19.3. The number of nitrogens with one attached hydrogen (secondary N) is 1. The molecule has 1 atom stereocenters. The van der Waals surface area contributed by atoms with Crippen molar-refractivity contribution in [2.24, 2.45) is 0 Å². The van der Waals surface area contributed by atoms with Crippen molar-refractivity contribution in [2.45, 2.75) is 19.1 Å². The van der Waals surface area contributed by atoms with E-state index in [1.165, 1.54) is 5.56 Å². The molecule has 8 heteroatoms. The standard InChI is InChI=1S/C27H25N5O3/c1-30-21-9-5-4-8-20(21)27(34)31-14-13-19-18-7-3-6-10-22(18)32(25(19)26(30)31)16-23(33)29-17-11-12-24(35-2)28-15-17/h3-12,15,26H,13-14,16H2,1-2H3,(H,29,33). The molecule has 2 amide bonds. The number of aromatic nitrogens is 2. The first-order valence-corrected chi connectivity index (χ1v) is 11.6. The highest BCUT2D eigenvalue weighted by Gasteiger charge is 2.42. The first-order valence-electron chi connectivity index (χ1n) is 11.6. The van der Waals surface area contributed by atoms with E-state index >= 15 is 0 Å². The number of methoxy groups -OCH3 is 1. The minimum Gasteiger partial charge on any atom is -0.481 e. The summed E-state index contributed by atoms with van der Waals surface area (Å²) in [5.41, 5.74) is 5.38. The molecular formula is C27H25N5O3. The minimum atomic E-state index is -0.288. The summed E-state index contributed by atoms with van der Waals surface area (Å²) in [7, 11) is 3.57. The molecule has 1 N–H and O–H groups in total. The van der Waals surface area contributed by atoms with Crippen LogP contribution in [0.15, 0.2) is 66.9 Å². The van der Waals surface area contributed by atoms with E-state index in [9.17, 15) is 9.59 Å². The number of ether oxygens (including phenoxy) is 1. The molecule has 176 valence electrons. The Balaban J connectivity index is 1.42. The SMILES string of the molecule is COc1ccc(NC(=O)Cn2c3c(c4ccccc42)CCN2C(=O)c4ccccc4N(C)C32)cn1. The maximum atomic E-state index is 13.4. The average Bonchev–Trinajstić information content (AvgIpc) is 3.21. The molecule has 2 aliphatic rings. The van der Waals surface area contributed by atoms with Gasteiger partial charge in [-0.05, 0) is 36.2 Å². The van der Waals surface area contributed by atoms with Crippen molar-refractivity contribution in [3.8, 4) is 5.88 Å². The van der Waals surface area contributed by atoms with Gasteiger partial charge in [-0.1, -0.05) is 30.3 Å². The van der Waals surface area contributed by atoms with Gasteiger partial charge < -0.3 is 24.4 Å². The van der Waals surface area contributed by atoms with E-state index in [1.54, 1.807) is 25.4 Å². The molecule has 2 aromatic heterocycles. The Morgan fingerprint density at radius 3 is 2.71 bits per heavy atom. The first kappa shape index (κ1) is 21.2. The summed E-state index contributed by atoms with van der Waals surface area (Å²) in [4.78, 5) is 34.9. The van der Waals surface area contributed by atoms with Crippen LogP contribution in [0.3, 0.4) is 0 Å². The van der Waals surface area contributed by atoms with Gasteiger partial charge in [-0.3, -0.25) is 9.59 Å². The number of para-hydroxylation sites is 2. The molecule has 0 saturated carbocycles. The predicted octanol–water partition coefficient (Wildman–Crippen LogP) is 3.83. The molecule has 0 saturated heterocycles. The molecule has 2 aliphatic heterocycles. The van der Waals surface area contributed by atoms with Crippen LogP contribution >= 0.6 is 0 Å². The van der Waals surface area contributed by atoms with Crippen molar-refractivity contribution in [3.63, 3.8) is 0 Å². The number of fused-ring (bicyclic) bond motifs is 6. The van der Waals surface area contributed by atoms with Crippen LogP contribution in [0.25, 0.3) is 10.9 Å². The van der Waals surface area contributed by atoms with Gasteiger partial charge in [0.05, 0.1) is 35.9 Å². The number of anilines is 2. The second-order valence-electron chi connectivity index (χ2n) is 8.85. The number of hydrogen-bond acceptors (Lipinski definition) is 5. The third-order valence-electron chi connectivity index (χ3n) is 6.94. The van der Waals surface area contributed by atoms with E-state index < -0.39 is 0 Å². The Bertz CT molecular complexity index is 1460. The van der Waals surface area contributed by atoms with Gasteiger partial charge >= 0.3 is 0 Å². The van der Waals surface area contributed by atoms with Gasteiger partial charge in [0.15, 0.2) is 0 Å². The Kier molecular flexibility index (Phi) is 4.95. The predicted molar refractivity (Wildman–Crippen MR) is 134 cm³/mol. The van der Waals surface area contributed by atoms with E-state index in [0.29, 0.717) is 23.7 Å². The van der Waals surface area contributed by atoms with Crippen LogP contribution in [0, 0.1) is 0 Å². The molecule has 2 aromatic carbocycles. The minimum absolute atomic E-state index is 0.0277. The normalized spacial score (nSPS) is 16.5. The van der Waals surface area contributed by atoms with Crippen molar-refractivity contribution in [2.75, 3.05) is 30.9 Å². The van der Waals surface area contributed by atoms with Gasteiger partial charge in [0, 0.05) is 30.6 Å². The van der Waals surface area contributed by atoms with Gasteiger partial charge in [0.25, 0.3) is 5.91 Å². The van der Waals surface area contributed by atoms with Crippen molar-refractivity contribution >= 4 is 34.1 Å². The summed E-state index contributed by atoms with van der Waals surface area (Å²) < 4.78 is 7.16. The zero-order chi connectivity index (χ0) is 24.1. The van der Waals surface area contributed by atoms with Crippen LogP contribution in [0.2, 0.25) is 0 Å². The summed E-state index contributed by atoms with van der Waals surface area (Å²) in [5.74, 6) is 0.349. The Labute approximate surface area is 202 Å². The Morgan fingerprint density at radius 1 is 1.11 bits per heavy atom. The highest BCUT2D eigenvalue weighted by molar-refractivity contribution is 6.03. The van der Waals surface area contributed by atoms with Gasteiger partial charge in [-0.15, -0.1) is 0 Å². The fourth-order valence-corrected chi connectivity index (χ4v) is 5.40. The van der Waals surface area contributed by atoms with Crippen LogP contribution in [-0.2, 0) is 17.8 Å². The number of carbonyl (C=O) groups is 2. The second-order valence-corrected chi connectivity index (χ2v) is 8.85. The van der Waals surface area contributed by atoms with Crippen LogP contribution in [-0.4, -0.2) is 47.0 Å². The highest BCUT2D eigenvalue weighted by atomic mass is 16.5. The molecule has 4 aromatic rings. The van der Waals surface area contributed by atoms with Gasteiger partial charge in [-0.25, -0.2) is 4.98 Å². The molecule has 4 heterocycles. The van der Waals surface area contributed by atoms with E-state index in [4.69, 9.17) is 4.74 Å². The number of nitrogens with zero attached hydrogens (tertiary/aromatic N) is 4. The number of pyridine rings is 1. The van der Waals surface area contributed by atoms with E-state index in [-0.39, 0.29) is 24.5 Å². The first-order chi connectivity index (χ1) is 17.1. The van der Waals surface area contributed by atoms with Gasteiger partial charge in [0.2, 0.25) is 11.8 Å². The summed E-state index contributed by atoms with van der Waals surface area (Å²) in [6.07, 6.45) is 2.03. The highest BCUT2D eigenvalue weighted by Crippen LogP contribution is 2.44.